The number of aryl methyl sites for hydroxylation is 1. The fraction of sp³-hybridized carbons (Fsp3) is 0.550. The lowest BCUT2D eigenvalue weighted by molar-refractivity contribution is -0.155. The standard InChI is InChI=1S/C20H29NO2/c1-14(13-18(22)23-20(2,3)4)16-12-11-15-9-7-8-10-17(15)19(16)21(5)6/h7-10,14H,11-13H2,1-6H3. The molecule has 1 aliphatic rings. The van der Waals surface area contributed by atoms with Crippen LogP contribution in [0, 0.1) is 5.92 Å². The van der Waals surface area contributed by atoms with Crippen molar-refractivity contribution in [1.82, 2.24) is 4.90 Å². The molecule has 3 nitrogen and oxygen atoms in total. The van der Waals surface area contributed by atoms with Gasteiger partial charge in [0.15, 0.2) is 0 Å². The fourth-order valence-corrected chi connectivity index (χ4v) is 3.29. The zero-order chi connectivity index (χ0) is 17.2. The van der Waals surface area contributed by atoms with E-state index in [2.05, 4.69) is 50.2 Å². The van der Waals surface area contributed by atoms with Crippen LogP contribution in [-0.2, 0) is 16.0 Å². The largest absolute Gasteiger partial charge is 0.460 e. The van der Waals surface area contributed by atoms with E-state index in [1.165, 1.54) is 22.4 Å². The first-order valence-corrected chi connectivity index (χ1v) is 8.39. The van der Waals surface area contributed by atoms with Crippen LogP contribution >= 0.6 is 0 Å². The lowest BCUT2D eigenvalue weighted by atomic mass is 9.82. The third-order valence-electron chi connectivity index (χ3n) is 4.18. The molecule has 126 valence electrons. The SMILES string of the molecule is CC(CC(=O)OC(C)(C)C)C1=C(N(C)C)c2ccccc2CC1. The number of carbonyl (C=O) groups is 1. The molecule has 1 aliphatic carbocycles. The first kappa shape index (κ1) is 17.6. The molecule has 0 spiro atoms. The van der Waals surface area contributed by atoms with Gasteiger partial charge in [-0.05, 0) is 50.7 Å². The van der Waals surface area contributed by atoms with Crippen LogP contribution in [0.2, 0.25) is 0 Å². The van der Waals surface area contributed by atoms with E-state index < -0.39 is 5.60 Å². The Morgan fingerprint density at radius 2 is 1.87 bits per heavy atom. The molecular formula is C20H29NO2. The zero-order valence-electron chi connectivity index (χ0n) is 15.3. The molecule has 1 aromatic rings. The van der Waals surface area contributed by atoms with Crippen LogP contribution in [0.25, 0.3) is 5.70 Å². The maximum absolute atomic E-state index is 12.2. The molecule has 0 saturated carbocycles. The molecule has 0 aromatic heterocycles. The Morgan fingerprint density at radius 1 is 1.22 bits per heavy atom. The highest BCUT2D eigenvalue weighted by Gasteiger charge is 2.26. The lowest BCUT2D eigenvalue weighted by Gasteiger charge is -2.31. The van der Waals surface area contributed by atoms with Crippen LogP contribution < -0.4 is 0 Å². The molecule has 0 bridgehead atoms. The van der Waals surface area contributed by atoms with Crippen LogP contribution in [0.4, 0.5) is 0 Å². The van der Waals surface area contributed by atoms with Gasteiger partial charge in [-0.15, -0.1) is 0 Å². The second kappa shape index (κ2) is 6.77. The second-order valence-corrected chi connectivity index (χ2v) is 7.62. The summed E-state index contributed by atoms with van der Waals surface area (Å²) in [5.41, 5.74) is 4.90. The quantitative estimate of drug-likeness (QED) is 0.777. The van der Waals surface area contributed by atoms with E-state index in [4.69, 9.17) is 4.74 Å². The molecule has 3 heteroatoms. The Kier molecular flexibility index (Phi) is 5.18. The maximum atomic E-state index is 12.2. The minimum absolute atomic E-state index is 0.116. The Balaban J connectivity index is 2.27. The van der Waals surface area contributed by atoms with E-state index in [-0.39, 0.29) is 11.9 Å². The molecule has 1 unspecified atom stereocenters. The van der Waals surface area contributed by atoms with Crippen molar-refractivity contribution in [2.45, 2.75) is 52.6 Å². The summed E-state index contributed by atoms with van der Waals surface area (Å²) in [5, 5.41) is 0. The Morgan fingerprint density at radius 3 is 2.48 bits per heavy atom. The predicted molar refractivity (Wildman–Crippen MR) is 95.0 cm³/mol. The van der Waals surface area contributed by atoms with Gasteiger partial charge in [-0.2, -0.15) is 0 Å². The highest BCUT2D eigenvalue weighted by molar-refractivity contribution is 5.75. The molecule has 0 fully saturated rings. The lowest BCUT2D eigenvalue weighted by Crippen LogP contribution is -2.26. The van der Waals surface area contributed by atoms with Gasteiger partial charge in [-0.3, -0.25) is 4.79 Å². The third kappa shape index (κ3) is 4.37. The number of hydrogen-bond acceptors (Lipinski definition) is 3. The van der Waals surface area contributed by atoms with E-state index >= 15 is 0 Å². The minimum atomic E-state index is -0.422. The summed E-state index contributed by atoms with van der Waals surface area (Å²) in [7, 11) is 4.16. The van der Waals surface area contributed by atoms with Gasteiger partial charge in [0.1, 0.15) is 5.60 Å². The summed E-state index contributed by atoms with van der Waals surface area (Å²) in [6, 6.07) is 8.57. The van der Waals surface area contributed by atoms with Gasteiger partial charge < -0.3 is 9.64 Å². The molecule has 2 rings (SSSR count). The highest BCUT2D eigenvalue weighted by atomic mass is 16.6. The molecule has 0 aliphatic heterocycles. The molecule has 1 atom stereocenters. The number of allylic oxidation sites excluding steroid dienone is 1. The minimum Gasteiger partial charge on any atom is -0.460 e. The van der Waals surface area contributed by atoms with Gasteiger partial charge in [0.2, 0.25) is 0 Å². The number of ether oxygens (including phenoxy) is 1. The average Bonchev–Trinajstić information content (AvgIpc) is 2.43. The highest BCUT2D eigenvalue weighted by Crippen LogP contribution is 2.37. The number of esters is 1. The normalized spacial score (nSPS) is 15.9. The molecule has 0 N–H and O–H groups in total. The smallest absolute Gasteiger partial charge is 0.306 e. The van der Waals surface area contributed by atoms with Crippen LogP contribution in [0.3, 0.4) is 0 Å². The van der Waals surface area contributed by atoms with Crippen molar-refractivity contribution in [3.63, 3.8) is 0 Å². The van der Waals surface area contributed by atoms with Crippen LogP contribution in [-0.4, -0.2) is 30.6 Å². The van der Waals surface area contributed by atoms with Crippen molar-refractivity contribution in [3.8, 4) is 0 Å². The number of hydrogen-bond donors (Lipinski definition) is 0. The van der Waals surface area contributed by atoms with E-state index in [0.29, 0.717) is 6.42 Å². The molecule has 0 radical (unpaired) electrons. The molecule has 0 heterocycles. The topological polar surface area (TPSA) is 29.5 Å². The van der Waals surface area contributed by atoms with E-state index in [1.807, 2.05) is 20.8 Å². The third-order valence-corrected chi connectivity index (χ3v) is 4.18. The molecule has 23 heavy (non-hydrogen) atoms. The van der Waals surface area contributed by atoms with Crippen molar-refractivity contribution >= 4 is 11.7 Å². The predicted octanol–water partition coefficient (Wildman–Crippen LogP) is 4.27. The summed E-state index contributed by atoms with van der Waals surface area (Å²) in [6.45, 7) is 7.88. The van der Waals surface area contributed by atoms with Crippen LogP contribution in [0.5, 0.6) is 0 Å². The number of carbonyl (C=O) groups excluding carboxylic acids is 1. The number of rotatable bonds is 4. The van der Waals surface area contributed by atoms with E-state index in [9.17, 15) is 4.79 Å². The molecule has 0 amide bonds. The van der Waals surface area contributed by atoms with Gasteiger partial charge in [-0.25, -0.2) is 0 Å². The van der Waals surface area contributed by atoms with Gasteiger partial charge in [0.25, 0.3) is 0 Å². The van der Waals surface area contributed by atoms with Crippen molar-refractivity contribution in [1.29, 1.82) is 0 Å². The Hall–Kier alpha value is -1.77. The summed E-state index contributed by atoms with van der Waals surface area (Å²) < 4.78 is 5.49. The van der Waals surface area contributed by atoms with Crippen molar-refractivity contribution < 1.29 is 9.53 Å². The Labute approximate surface area is 140 Å². The monoisotopic (exact) mass is 315 g/mol. The van der Waals surface area contributed by atoms with Gasteiger partial charge in [0.05, 0.1) is 6.42 Å². The average molecular weight is 315 g/mol. The van der Waals surface area contributed by atoms with Crippen molar-refractivity contribution in [2.75, 3.05) is 14.1 Å². The van der Waals surface area contributed by atoms with E-state index in [1.54, 1.807) is 0 Å². The second-order valence-electron chi connectivity index (χ2n) is 7.62. The number of benzene rings is 1. The molecular weight excluding hydrogens is 286 g/mol. The van der Waals surface area contributed by atoms with Gasteiger partial charge in [-0.1, -0.05) is 31.2 Å². The summed E-state index contributed by atoms with van der Waals surface area (Å²) in [6.07, 6.45) is 2.49. The summed E-state index contributed by atoms with van der Waals surface area (Å²) in [4.78, 5) is 14.4. The zero-order valence-corrected chi connectivity index (χ0v) is 15.3. The molecule has 0 saturated heterocycles. The van der Waals surface area contributed by atoms with E-state index in [0.717, 1.165) is 12.8 Å². The summed E-state index contributed by atoms with van der Waals surface area (Å²) >= 11 is 0. The van der Waals surface area contributed by atoms with Crippen LogP contribution in [0.15, 0.2) is 29.8 Å². The number of nitrogens with zero attached hydrogens (tertiary/aromatic N) is 1. The molecule has 1 aromatic carbocycles. The Bertz CT molecular complexity index is 608. The van der Waals surface area contributed by atoms with Crippen molar-refractivity contribution in [2.24, 2.45) is 5.92 Å². The van der Waals surface area contributed by atoms with Crippen LogP contribution in [0.1, 0.15) is 51.7 Å². The maximum Gasteiger partial charge on any atom is 0.306 e. The first-order chi connectivity index (χ1) is 10.7. The van der Waals surface area contributed by atoms with Crippen molar-refractivity contribution in [3.05, 3.63) is 41.0 Å². The first-order valence-electron chi connectivity index (χ1n) is 8.39. The van der Waals surface area contributed by atoms with Gasteiger partial charge >= 0.3 is 5.97 Å². The fourth-order valence-electron chi connectivity index (χ4n) is 3.29. The number of fused-ring (bicyclic) bond motifs is 1. The summed E-state index contributed by atoms with van der Waals surface area (Å²) in [5.74, 6) is 0.0741. The van der Waals surface area contributed by atoms with Gasteiger partial charge in [0, 0.05) is 25.4 Å².